The van der Waals surface area contributed by atoms with E-state index in [9.17, 15) is 4.79 Å². The van der Waals surface area contributed by atoms with E-state index in [-0.39, 0.29) is 5.97 Å². The van der Waals surface area contributed by atoms with Gasteiger partial charge in [0.1, 0.15) is 5.75 Å². The van der Waals surface area contributed by atoms with Crippen molar-refractivity contribution in [2.24, 2.45) is 0 Å². The fourth-order valence-corrected chi connectivity index (χ4v) is 2.63. The zero-order valence-corrected chi connectivity index (χ0v) is 11.7. The first kappa shape index (κ1) is 12.7. The highest BCUT2D eigenvalue weighted by Crippen LogP contribution is 2.28. The zero-order chi connectivity index (χ0) is 14.9. The molecule has 4 rings (SSSR count). The molecular formula is C19H13NO2. The molecule has 0 aliphatic rings. The van der Waals surface area contributed by atoms with Crippen molar-refractivity contribution in [1.29, 1.82) is 0 Å². The van der Waals surface area contributed by atoms with Crippen LogP contribution in [-0.2, 0) is 0 Å². The molecule has 4 aromatic rings. The van der Waals surface area contributed by atoms with Gasteiger partial charge in [-0.25, -0.2) is 4.79 Å². The Balaban J connectivity index is 1.73. The standard InChI is InChI=1S/C19H13NO2/c21-19(13-6-2-1-3-7-13)22-14-10-11-18-16(12-14)15-8-4-5-9-17(15)20-18/h1-12,20H. The van der Waals surface area contributed by atoms with E-state index in [4.69, 9.17) is 4.74 Å². The van der Waals surface area contributed by atoms with Crippen molar-refractivity contribution in [3.63, 3.8) is 0 Å². The Morgan fingerprint density at radius 3 is 2.36 bits per heavy atom. The number of nitrogens with one attached hydrogen (secondary N) is 1. The number of hydrogen-bond donors (Lipinski definition) is 1. The Morgan fingerprint density at radius 2 is 1.50 bits per heavy atom. The number of H-pyrrole nitrogens is 1. The van der Waals surface area contributed by atoms with Crippen LogP contribution in [0.3, 0.4) is 0 Å². The Kier molecular flexibility index (Phi) is 2.90. The third kappa shape index (κ3) is 2.13. The number of esters is 1. The number of ether oxygens (including phenoxy) is 1. The lowest BCUT2D eigenvalue weighted by molar-refractivity contribution is 0.0735. The predicted octanol–water partition coefficient (Wildman–Crippen LogP) is 4.54. The van der Waals surface area contributed by atoms with Crippen LogP contribution in [-0.4, -0.2) is 11.0 Å². The van der Waals surface area contributed by atoms with E-state index >= 15 is 0 Å². The fourth-order valence-electron chi connectivity index (χ4n) is 2.63. The van der Waals surface area contributed by atoms with Crippen LogP contribution in [0, 0.1) is 0 Å². The van der Waals surface area contributed by atoms with Crippen LogP contribution >= 0.6 is 0 Å². The molecule has 106 valence electrons. The van der Waals surface area contributed by atoms with Crippen LogP contribution in [0.25, 0.3) is 21.8 Å². The minimum atomic E-state index is -0.347. The number of rotatable bonds is 2. The van der Waals surface area contributed by atoms with Crippen LogP contribution in [0.1, 0.15) is 10.4 Å². The third-order valence-corrected chi connectivity index (χ3v) is 3.70. The van der Waals surface area contributed by atoms with Gasteiger partial charge in [-0.1, -0.05) is 36.4 Å². The second-order valence-electron chi connectivity index (χ2n) is 5.13. The summed E-state index contributed by atoms with van der Waals surface area (Å²) in [5.41, 5.74) is 2.64. The van der Waals surface area contributed by atoms with Gasteiger partial charge in [0, 0.05) is 21.8 Å². The molecule has 0 bridgehead atoms. The summed E-state index contributed by atoms with van der Waals surface area (Å²) in [6.45, 7) is 0. The molecule has 22 heavy (non-hydrogen) atoms. The van der Waals surface area contributed by atoms with Crippen molar-refractivity contribution in [2.45, 2.75) is 0 Å². The van der Waals surface area contributed by atoms with E-state index in [1.54, 1.807) is 18.2 Å². The molecule has 0 aliphatic heterocycles. The monoisotopic (exact) mass is 287 g/mol. The van der Waals surface area contributed by atoms with Gasteiger partial charge in [-0.05, 0) is 36.4 Å². The number of carbonyl (C=O) groups excluding carboxylic acids is 1. The van der Waals surface area contributed by atoms with Crippen molar-refractivity contribution in [1.82, 2.24) is 4.98 Å². The molecule has 0 fully saturated rings. The summed E-state index contributed by atoms with van der Waals surface area (Å²) in [4.78, 5) is 15.5. The first-order valence-electron chi connectivity index (χ1n) is 7.09. The molecule has 1 aromatic heterocycles. The van der Waals surface area contributed by atoms with Crippen LogP contribution in [0.2, 0.25) is 0 Å². The second kappa shape index (κ2) is 5.04. The number of aromatic nitrogens is 1. The van der Waals surface area contributed by atoms with E-state index in [2.05, 4.69) is 11.1 Å². The van der Waals surface area contributed by atoms with Gasteiger partial charge in [0.2, 0.25) is 0 Å². The summed E-state index contributed by atoms with van der Waals surface area (Å²) in [7, 11) is 0. The minimum Gasteiger partial charge on any atom is -0.423 e. The summed E-state index contributed by atoms with van der Waals surface area (Å²) in [6, 6.07) is 22.7. The molecule has 0 spiro atoms. The summed E-state index contributed by atoms with van der Waals surface area (Å²) >= 11 is 0. The smallest absolute Gasteiger partial charge is 0.343 e. The molecule has 0 aliphatic carbocycles. The minimum absolute atomic E-state index is 0.347. The largest absolute Gasteiger partial charge is 0.423 e. The molecule has 0 saturated carbocycles. The average molecular weight is 287 g/mol. The highest BCUT2D eigenvalue weighted by Gasteiger charge is 2.10. The summed E-state index contributed by atoms with van der Waals surface area (Å²) in [6.07, 6.45) is 0. The molecule has 1 N–H and O–H groups in total. The highest BCUT2D eigenvalue weighted by atomic mass is 16.5. The topological polar surface area (TPSA) is 42.1 Å². The van der Waals surface area contributed by atoms with Gasteiger partial charge < -0.3 is 9.72 Å². The normalized spacial score (nSPS) is 10.9. The van der Waals surface area contributed by atoms with Crippen molar-refractivity contribution in [3.05, 3.63) is 78.4 Å². The lowest BCUT2D eigenvalue weighted by Gasteiger charge is -2.04. The lowest BCUT2D eigenvalue weighted by atomic mass is 10.1. The Morgan fingerprint density at radius 1 is 0.773 bits per heavy atom. The lowest BCUT2D eigenvalue weighted by Crippen LogP contribution is -2.07. The summed E-state index contributed by atoms with van der Waals surface area (Å²) < 4.78 is 5.47. The molecule has 0 amide bonds. The maximum Gasteiger partial charge on any atom is 0.343 e. The predicted molar refractivity (Wildman–Crippen MR) is 87.2 cm³/mol. The number of benzene rings is 3. The van der Waals surface area contributed by atoms with Gasteiger partial charge >= 0.3 is 5.97 Å². The van der Waals surface area contributed by atoms with E-state index in [1.165, 1.54) is 0 Å². The first-order chi connectivity index (χ1) is 10.8. The Hall–Kier alpha value is -3.07. The van der Waals surface area contributed by atoms with Gasteiger partial charge in [-0.15, -0.1) is 0 Å². The molecule has 3 nitrogen and oxygen atoms in total. The van der Waals surface area contributed by atoms with E-state index in [0.717, 1.165) is 21.8 Å². The van der Waals surface area contributed by atoms with Gasteiger partial charge in [0.05, 0.1) is 5.56 Å². The van der Waals surface area contributed by atoms with Crippen LogP contribution in [0.4, 0.5) is 0 Å². The average Bonchev–Trinajstić information content (AvgIpc) is 2.94. The first-order valence-corrected chi connectivity index (χ1v) is 7.09. The Bertz CT molecular complexity index is 970. The quantitative estimate of drug-likeness (QED) is 0.434. The molecule has 0 saturated heterocycles. The summed E-state index contributed by atoms with van der Waals surface area (Å²) in [5, 5.41) is 2.17. The molecule has 0 radical (unpaired) electrons. The van der Waals surface area contributed by atoms with E-state index < -0.39 is 0 Å². The van der Waals surface area contributed by atoms with Crippen molar-refractivity contribution >= 4 is 27.8 Å². The van der Waals surface area contributed by atoms with Crippen molar-refractivity contribution < 1.29 is 9.53 Å². The van der Waals surface area contributed by atoms with Gasteiger partial charge in [0.15, 0.2) is 0 Å². The number of aromatic amines is 1. The second-order valence-corrected chi connectivity index (χ2v) is 5.13. The molecule has 0 atom stereocenters. The number of carbonyl (C=O) groups is 1. The van der Waals surface area contributed by atoms with Crippen LogP contribution in [0.15, 0.2) is 72.8 Å². The van der Waals surface area contributed by atoms with E-state index in [1.807, 2.05) is 48.5 Å². The van der Waals surface area contributed by atoms with Gasteiger partial charge in [-0.3, -0.25) is 0 Å². The number of para-hydroxylation sites is 1. The maximum atomic E-state index is 12.1. The highest BCUT2D eigenvalue weighted by molar-refractivity contribution is 6.07. The van der Waals surface area contributed by atoms with Gasteiger partial charge in [-0.2, -0.15) is 0 Å². The number of hydrogen-bond acceptors (Lipinski definition) is 2. The van der Waals surface area contributed by atoms with Crippen LogP contribution in [0.5, 0.6) is 5.75 Å². The summed E-state index contributed by atoms with van der Waals surface area (Å²) in [5.74, 6) is 0.200. The zero-order valence-electron chi connectivity index (χ0n) is 11.7. The molecular weight excluding hydrogens is 274 g/mol. The van der Waals surface area contributed by atoms with Crippen molar-refractivity contribution in [3.8, 4) is 5.75 Å². The molecule has 3 aromatic carbocycles. The number of fused-ring (bicyclic) bond motifs is 3. The molecule has 3 heteroatoms. The van der Waals surface area contributed by atoms with Crippen molar-refractivity contribution in [2.75, 3.05) is 0 Å². The molecule has 1 heterocycles. The molecule has 0 unspecified atom stereocenters. The Labute approximate surface area is 127 Å². The SMILES string of the molecule is O=C(Oc1ccc2[nH]c3ccccc3c2c1)c1ccccc1. The fraction of sp³-hybridized carbons (Fsp3) is 0. The van der Waals surface area contributed by atoms with E-state index in [0.29, 0.717) is 11.3 Å². The third-order valence-electron chi connectivity index (χ3n) is 3.70. The maximum absolute atomic E-state index is 12.1. The van der Waals surface area contributed by atoms with Gasteiger partial charge in [0.25, 0.3) is 0 Å². The van der Waals surface area contributed by atoms with Crippen LogP contribution < -0.4 is 4.74 Å².